The lowest BCUT2D eigenvalue weighted by Crippen LogP contribution is -2.49. The Hall–Kier alpha value is -1.27. The Bertz CT molecular complexity index is 559. The van der Waals surface area contributed by atoms with Crippen molar-refractivity contribution >= 4 is 45.2 Å². The van der Waals surface area contributed by atoms with Crippen LogP contribution >= 0.6 is 27.5 Å². The van der Waals surface area contributed by atoms with Crippen LogP contribution in [0.2, 0.25) is 5.02 Å². The van der Waals surface area contributed by atoms with Crippen LogP contribution in [0.1, 0.15) is 32.1 Å². The Balaban J connectivity index is 2.02. The Morgan fingerprint density at radius 3 is 2.57 bits per heavy atom. The standard InChI is InChI=1S/C14H16BrClN2O3/c15-10-7-9(3-4-11(10)16)17-13(21)18-14(8-12(19)20)5-1-2-6-14/h3-4,7H,1-2,5-6,8H2,(H,19,20)(H2,17,18,21). The first-order valence-electron chi connectivity index (χ1n) is 6.66. The number of anilines is 1. The van der Waals surface area contributed by atoms with Crippen LogP contribution in [0.4, 0.5) is 10.5 Å². The highest BCUT2D eigenvalue weighted by atomic mass is 79.9. The number of nitrogens with one attached hydrogen (secondary N) is 2. The summed E-state index contributed by atoms with van der Waals surface area (Å²) in [5.74, 6) is -0.897. The third-order valence-electron chi connectivity index (χ3n) is 3.61. The van der Waals surface area contributed by atoms with Gasteiger partial charge in [0.15, 0.2) is 0 Å². The van der Waals surface area contributed by atoms with Gasteiger partial charge in [0, 0.05) is 10.2 Å². The van der Waals surface area contributed by atoms with Crippen molar-refractivity contribution in [3.63, 3.8) is 0 Å². The molecule has 2 rings (SSSR count). The van der Waals surface area contributed by atoms with Crippen molar-refractivity contribution < 1.29 is 14.7 Å². The van der Waals surface area contributed by atoms with E-state index >= 15 is 0 Å². The zero-order valence-corrected chi connectivity index (χ0v) is 13.6. The van der Waals surface area contributed by atoms with E-state index in [0.717, 1.165) is 12.8 Å². The van der Waals surface area contributed by atoms with E-state index in [-0.39, 0.29) is 6.42 Å². The van der Waals surface area contributed by atoms with Crippen LogP contribution in [0.5, 0.6) is 0 Å². The molecule has 7 heteroatoms. The van der Waals surface area contributed by atoms with E-state index in [9.17, 15) is 9.59 Å². The Morgan fingerprint density at radius 1 is 1.33 bits per heavy atom. The van der Waals surface area contributed by atoms with Gasteiger partial charge >= 0.3 is 12.0 Å². The van der Waals surface area contributed by atoms with Crippen molar-refractivity contribution in [3.8, 4) is 0 Å². The largest absolute Gasteiger partial charge is 0.481 e. The summed E-state index contributed by atoms with van der Waals surface area (Å²) < 4.78 is 0.683. The molecule has 1 fully saturated rings. The maximum Gasteiger partial charge on any atom is 0.319 e. The molecule has 0 aliphatic heterocycles. The van der Waals surface area contributed by atoms with Crippen molar-refractivity contribution in [2.45, 2.75) is 37.6 Å². The Kier molecular flexibility index (Phi) is 5.11. The minimum absolute atomic E-state index is 0.0509. The van der Waals surface area contributed by atoms with E-state index in [1.54, 1.807) is 18.2 Å². The molecule has 1 aliphatic rings. The van der Waals surface area contributed by atoms with Gasteiger partial charge in [0.2, 0.25) is 0 Å². The summed E-state index contributed by atoms with van der Waals surface area (Å²) in [5.41, 5.74) is -0.0493. The highest BCUT2D eigenvalue weighted by Crippen LogP contribution is 2.33. The first-order chi connectivity index (χ1) is 9.90. The van der Waals surface area contributed by atoms with E-state index in [1.807, 2.05) is 0 Å². The first-order valence-corrected chi connectivity index (χ1v) is 7.83. The Labute approximate surface area is 136 Å². The van der Waals surface area contributed by atoms with Gasteiger partial charge in [0.1, 0.15) is 0 Å². The second-order valence-corrected chi connectivity index (χ2v) is 6.53. The predicted molar refractivity (Wildman–Crippen MR) is 84.8 cm³/mol. The number of hydrogen-bond acceptors (Lipinski definition) is 2. The van der Waals surface area contributed by atoms with E-state index in [0.29, 0.717) is 28.0 Å². The molecule has 0 spiro atoms. The van der Waals surface area contributed by atoms with Gasteiger partial charge in [-0.1, -0.05) is 24.4 Å². The number of halogens is 2. The van der Waals surface area contributed by atoms with Gasteiger partial charge in [-0.15, -0.1) is 0 Å². The number of aliphatic carboxylic acids is 1. The summed E-state index contributed by atoms with van der Waals surface area (Å²) in [7, 11) is 0. The van der Waals surface area contributed by atoms with Crippen molar-refractivity contribution in [1.29, 1.82) is 0 Å². The van der Waals surface area contributed by atoms with Crippen LogP contribution < -0.4 is 10.6 Å². The zero-order valence-electron chi connectivity index (χ0n) is 11.3. The van der Waals surface area contributed by atoms with E-state index in [4.69, 9.17) is 16.7 Å². The minimum atomic E-state index is -0.897. The van der Waals surface area contributed by atoms with Crippen molar-refractivity contribution in [1.82, 2.24) is 5.32 Å². The smallest absolute Gasteiger partial charge is 0.319 e. The van der Waals surface area contributed by atoms with Gasteiger partial charge in [-0.25, -0.2) is 4.79 Å². The number of rotatable bonds is 4. The molecule has 114 valence electrons. The lowest BCUT2D eigenvalue weighted by Gasteiger charge is -2.28. The summed E-state index contributed by atoms with van der Waals surface area (Å²) in [6, 6.07) is 4.66. The lowest BCUT2D eigenvalue weighted by atomic mass is 9.93. The number of carboxylic acid groups (broad SMARTS) is 1. The molecule has 1 aromatic carbocycles. The van der Waals surface area contributed by atoms with Gasteiger partial charge in [-0.2, -0.15) is 0 Å². The number of amides is 2. The van der Waals surface area contributed by atoms with Crippen LogP contribution in [-0.4, -0.2) is 22.6 Å². The fourth-order valence-electron chi connectivity index (χ4n) is 2.66. The fraction of sp³-hybridized carbons (Fsp3) is 0.429. The molecule has 0 radical (unpaired) electrons. The second-order valence-electron chi connectivity index (χ2n) is 5.27. The molecule has 0 aromatic heterocycles. The molecule has 1 aromatic rings. The third kappa shape index (κ3) is 4.35. The summed E-state index contributed by atoms with van der Waals surface area (Å²) >= 11 is 9.18. The topological polar surface area (TPSA) is 78.4 Å². The molecule has 1 aliphatic carbocycles. The van der Waals surface area contributed by atoms with Gasteiger partial charge in [0.25, 0.3) is 0 Å². The molecular weight excluding hydrogens is 360 g/mol. The van der Waals surface area contributed by atoms with Gasteiger partial charge in [0.05, 0.1) is 17.0 Å². The van der Waals surface area contributed by atoms with E-state index < -0.39 is 17.5 Å². The Morgan fingerprint density at radius 2 is 2.00 bits per heavy atom. The summed E-state index contributed by atoms with van der Waals surface area (Å²) in [6.07, 6.45) is 3.19. The molecule has 21 heavy (non-hydrogen) atoms. The molecule has 0 saturated heterocycles. The number of carboxylic acids is 1. The molecule has 0 bridgehead atoms. The molecule has 3 N–H and O–H groups in total. The fourth-order valence-corrected chi connectivity index (χ4v) is 3.16. The quantitative estimate of drug-likeness (QED) is 0.744. The van der Waals surface area contributed by atoms with Crippen LogP contribution in [0.25, 0.3) is 0 Å². The van der Waals surface area contributed by atoms with Gasteiger partial charge in [-0.05, 0) is 47.0 Å². The van der Waals surface area contributed by atoms with Crippen LogP contribution in [0, 0.1) is 0 Å². The highest BCUT2D eigenvalue weighted by molar-refractivity contribution is 9.10. The maximum absolute atomic E-state index is 12.1. The number of carbonyl (C=O) groups is 2. The lowest BCUT2D eigenvalue weighted by molar-refractivity contribution is -0.138. The van der Waals surface area contributed by atoms with Crippen molar-refractivity contribution in [2.24, 2.45) is 0 Å². The van der Waals surface area contributed by atoms with Crippen molar-refractivity contribution in [3.05, 3.63) is 27.7 Å². The molecule has 0 heterocycles. The SMILES string of the molecule is O=C(O)CC1(NC(=O)Nc2ccc(Cl)c(Br)c2)CCCC1. The molecule has 0 unspecified atom stereocenters. The van der Waals surface area contributed by atoms with Crippen molar-refractivity contribution in [2.75, 3.05) is 5.32 Å². The van der Waals surface area contributed by atoms with E-state index in [1.165, 1.54) is 0 Å². The minimum Gasteiger partial charge on any atom is -0.481 e. The average molecular weight is 376 g/mol. The number of urea groups is 1. The number of benzene rings is 1. The van der Waals surface area contributed by atoms with E-state index in [2.05, 4.69) is 26.6 Å². The van der Waals surface area contributed by atoms with Crippen LogP contribution in [-0.2, 0) is 4.79 Å². The second kappa shape index (κ2) is 6.66. The van der Waals surface area contributed by atoms with Crippen LogP contribution in [0.3, 0.4) is 0 Å². The third-order valence-corrected chi connectivity index (χ3v) is 4.82. The zero-order chi connectivity index (χ0) is 15.5. The molecule has 1 saturated carbocycles. The average Bonchev–Trinajstić information content (AvgIpc) is 2.80. The number of carbonyl (C=O) groups excluding carboxylic acids is 1. The molecule has 0 atom stereocenters. The summed E-state index contributed by atoms with van der Waals surface area (Å²) in [4.78, 5) is 23.1. The van der Waals surface area contributed by atoms with Gasteiger partial charge < -0.3 is 15.7 Å². The molecule has 5 nitrogen and oxygen atoms in total. The molecular formula is C14H16BrClN2O3. The van der Waals surface area contributed by atoms with Gasteiger partial charge in [-0.3, -0.25) is 4.79 Å². The summed E-state index contributed by atoms with van der Waals surface area (Å²) in [5, 5.41) is 15.1. The molecule has 2 amide bonds. The number of hydrogen-bond donors (Lipinski definition) is 3. The summed E-state index contributed by atoms with van der Waals surface area (Å²) in [6.45, 7) is 0. The first kappa shape index (κ1) is 16.1. The highest BCUT2D eigenvalue weighted by Gasteiger charge is 2.37. The normalized spacial score (nSPS) is 16.5. The monoisotopic (exact) mass is 374 g/mol. The van der Waals surface area contributed by atoms with Crippen LogP contribution in [0.15, 0.2) is 22.7 Å². The predicted octanol–water partition coefficient (Wildman–Crippen LogP) is 4.01. The maximum atomic E-state index is 12.1.